The van der Waals surface area contributed by atoms with E-state index in [1.165, 1.54) is 6.07 Å². The first-order valence-corrected chi connectivity index (χ1v) is 9.12. The van der Waals surface area contributed by atoms with E-state index in [2.05, 4.69) is 10.0 Å². The van der Waals surface area contributed by atoms with Gasteiger partial charge in [-0.3, -0.25) is 0 Å². The van der Waals surface area contributed by atoms with Crippen LogP contribution in [0.5, 0.6) is 0 Å². The maximum Gasteiger partial charge on any atom is 0.242 e. The molecule has 0 aliphatic carbocycles. The molecule has 0 heterocycles. The highest BCUT2D eigenvalue weighted by atomic mass is 35.5. The lowest BCUT2D eigenvalue weighted by molar-refractivity contribution is 0.437. The quantitative estimate of drug-likeness (QED) is 0.790. The van der Waals surface area contributed by atoms with E-state index >= 15 is 0 Å². The molecule has 1 aromatic rings. The standard InChI is InChI=1S/C14H22Cl2N2O2S/c1-5-12(9(2)3)18-21(19,20)13-7-6-11(15)10(8-17-4)14(13)16/h6-7,9,12,17-18H,5,8H2,1-4H3. The van der Waals surface area contributed by atoms with Crippen LogP contribution in [0.15, 0.2) is 17.0 Å². The van der Waals surface area contributed by atoms with Crippen molar-refractivity contribution in [2.75, 3.05) is 7.05 Å². The maximum absolute atomic E-state index is 12.5. The Balaban J connectivity index is 3.23. The van der Waals surface area contributed by atoms with Gasteiger partial charge in [-0.2, -0.15) is 0 Å². The monoisotopic (exact) mass is 352 g/mol. The summed E-state index contributed by atoms with van der Waals surface area (Å²) in [6, 6.07) is 2.87. The topological polar surface area (TPSA) is 58.2 Å². The Kier molecular flexibility index (Phi) is 6.94. The lowest BCUT2D eigenvalue weighted by Crippen LogP contribution is -2.38. The van der Waals surface area contributed by atoms with Crippen LogP contribution in [0.2, 0.25) is 10.0 Å². The largest absolute Gasteiger partial charge is 0.316 e. The molecule has 2 N–H and O–H groups in total. The van der Waals surface area contributed by atoms with Crippen molar-refractivity contribution in [3.63, 3.8) is 0 Å². The predicted octanol–water partition coefficient (Wildman–Crippen LogP) is 3.43. The summed E-state index contributed by atoms with van der Waals surface area (Å²) in [5.74, 6) is 0.202. The lowest BCUT2D eigenvalue weighted by Gasteiger charge is -2.21. The number of hydrogen-bond acceptors (Lipinski definition) is 3. The number of rotatable bonds is 7. The molecule has 1 aromatic carbocycles. The van der Waals surface area contributed by atoms with Crippen LogP contribution in [-0.2, 0) is 16.6 Å². The fourth-order valence-corrected chi connectivity index (χ4v) is 4.46. The zero-order valence-electron chi connectivity index (χ0n) is 12.7. The SMILES string of the molecule is CCC(NS(=O)(=O)c1ccc(Cl)c(CNC)c1Cl)C(C)C. The molecular formula is C14H22Cl2N2O2S. The van der Waals surface area contributed by atoms with E-state index in [0.717, 1.165) is 0 Å². The molecule has 0 radical (unpaired) electrons. The molecule has 120 valence electrons. The van der Waals surface area contributed by atoms with E-state index in [4.69, 9.17) is 23.2 Å². The summed E-state index contributed by atoms with van der Waals surface area (Å²) < 4.78 is 27.8. The highest BCUT2D eigenvalue weighted by Gasteiger charge is 2.25. The molecule has 7 heteroatoms. The van der Waals surface area contributed by atoms with Gasteiger partial charge in [0.25, 0.3) is 0 Å². The zero-order chi connectivity index (χ0) is 16.2. The number of halogens is 2. The average Bonchev–Trinajstić information content (AvgIpc) is 2.40. The Morgan fingerprint density at radius 1 is 1.24 bits per heavy atom. The van der Waals surface area contributed by atoms with Crippen molar-refractivity contribution in [3.8, 4) is 0 Å². The van der Waals surface area contributed by atoms with E-state index in [0.29, 0.717) is 23.6 Å². The second-order valence-electron chi connectivity index (χ2n) is 5.25. The van der Waals surface area contributed by atoms with Crippen molar-refractivity contribution in [2.24, 2.45) is 5.92 Å². The van der Waals surface area contributed by atoms with Crippen LogP contribution in [0.4, 0.5) is 0 Å². The molecule has 0 spiro atoms. The molecule has 0 fully saturated rings. The van der Waals surface area contributed by atoms with E-state index in [1.807, 2.05) is 20.8 Å². The average molecular weight is 353 g/mol. The molecule has 21 heavy (non-hydrogen) atoms. The lowest BCUT2D eigenvalue weighted by atomic mass is 10.0. The predicted molar refractivity (Wildman–Crippen MR) is 88.5 cm³/mol. The van der Waals surface area contributed by atoms with E-state index < -0.39 is 10.0 Å². The first-order valence-electron chi connectivity index (χ1n) is 6.88. The van der Waals surface area contributed by atoms with Gasteiger partial charge in [-0.1, -0.05) is 44.0 Å². The zero-order valence-corrected chi connectivity index (χ0v) is 15.0. The number of hydrogen-bond donors (Lipinski definition) is 2. The molecule has 0 amide bonds. The number of benzene rings is 1. The molecule has 1 unspecified atom stereocenters. The minimum atomic E-state index is -3.67. The molecule has 0 aliphatic heterocycles. The fourth-order valence-electron chi connectivity index (χ4n) is 2.08. The van der Waals surface area contributed by atoms with Gasteiger partial charge >= 0.3 is 0 Å². The highest BCUT2D eigenvalue weighted by Crippen LogP contribution is 2.31. The van der Waals surface area contributed by atoms with Gasteiger partial charge in [0.15, 0.2) is 0 Å². The molecule has 0 aromatic heterocycles. The molecule has 1 rings (SSSR count). The molecule has 0 bridgehead atoms. The van der Waals surface area contributed by atoms with Gasteiger partial charge in [-0.15, -0.1) is 0 Å². The molecule has 4 nitrogen and oxygen atoms in total. The van der Waals surface area contributed by atoms with Gasteiger partial charge in [-0.05, 0) is 31.5 Å². The Labute approximate surface area is 137 Å². The molecule has 0 saturated carbocycles. The van der Waals surface area contributed by atoms with Gasteiger partial charge in [0.05, 0.1) is 5.02 Å². The van der Waals surface area contributed by atoms with E-state index in [9.17, 15) is 8.42 Å². The Hall–Kier alpha value is -0.330. The van der Waals surface area contributed by atoms with E-state index in [1.54, 1.807) is 13.1 Å². The summed E-state index contributed by atoms with van der Waals surface area (Å²) in [6.45, 7) is 6.31. The van der Waals surface area contributed by atoms with Gasteiger partial charge < -0.3 is 5.32 Å². The van der Waals surface area contributed by atoms with Crippen LogP contribution >= 0.6 is 23.2 Å². The van der Waals surface area contributed by atoms with Crippen LogP contribution in [-0.4, -0.2) is 21.5 Å². The van der Waals surface area contributed by atoms with Crippen LogP contribution in [0.3, 0.4) is 0 Å². The minimum Gasteiger partial charge on any atom is -0.316 e. The highest BCUT2D eigenvalue weighted by molar-refractivity contribution is 7.89. The summed E-state index contributed by atoms with van der Waals surface area (Å²) >= 11 is 12.3. The summed E-state index contributed by atoms with van der Waals surface area (Å²) in [7, 11) is -1.93. The minimum absolute atomic E-state index is 0.0675. The third kappa shape index (κ3) is 4.57. The van der Waals surface area contributed by atoms with Crippen LogP contribution in [0.25, 0.3) is 0 Å². The molecular weight excluding hydrogens is 331 g/mol. The second-order valence-corrected chi connectivity index (χ2v) is 7.72. The Bertz CT molecular complexity index is 589. The smallest absolute Gasteiger partial charge is 0.242 e. The molecule has 0 saturated heterocycles. The third-order valence-electron chi connectivity index (χ3n) is 3.34. The van der Waals surface area contributed by atoms with Gasteiger partial charge in [0.2, 0.25) is 10.0 Å². The fraction of sp³-hybridized carbons (Fsp3) is 0.571. The third-order valence-corrected chi connectivity index (χ3v) is 5.77. The summed E-state index contributed by atoms with van der Waals surface area (Å²) in [4.78, 5) is 0.0675. The van der Waals surface area contributed by atoms with Gasteiger partial charge in [0, 0.05) is 23.2 Å². The normalized spacial score (nSPS) is 13.7. The first-order chi connectivity index (χ1) is 9.74. The summed E-state index contributed by atoms with van der Waals surface area (Å²) in [5.41, 5.74) is 0.585. The Morgan fingerprint density at radius 2 is 1.86 bits per heavy atom. The maximum atomic E-state index is 12.5. The Morgan fingerprint density at radius 3 is 2.33 bits per heavy atom. The molecule has 1 atom stereocenters. The van der Waals surface area contributed by atoms with Crippen molar-refractivity contribution in [3.05, 3.63) is 27.7 Å². The second kappa shape index (κ2) is 7.79. The summed E-state index contributed by atoms with van der Waals surface area (Å²) in [5, 5.41) is 3.55. The van der Waals surface area contributed by atoms with Crippen molar-refractivity contribution in [2.45, 2.75) is 44.7 Å². The summed E-state index contributed by atoms with van der Waals surface area (Å²) in [6.07, 6.45) is 0.714. The van der Waals surface area contributed by atoms with Crippen LogP contribution < -0.4 is 10.0 Å². The van der Waals surface area contributed by atoms with E-state index in [-0.39, 0.29) is 21.9 Å². The van der Waals surface area contributed by atoms with Crippen molar-refractivity contribution in [1.82, 2.24) is 10.0 Å². The van der Waals surface area contributed by atoms with Crippen molar-refractivity contribution < 1.29 is 8.42 Å². The first kappa shape index (κ1) is 18.7. The van der Waals surface area contributed by atoms with Crippen LogP contribution in [0, 0.1) is 5.92 Å². The van der Waals surface area contributed by atoms with Crippen molar-refractivity contribution >= 4 is 33.2 Å². The van der Waals surface area contributed by atoms with Gasteiger partial charge in [-0.25, -0.2) is 13.1 Å². The molecule has 0 aliphatic rings. The number of sulfonamides is 1. The van der Waals surface area contributed by atoms with Crippen molar-refractivity contribution in [1.29, 1.82) is 0 Å². The number of nitrogens with one attached hydrogen (secondary N) is 2. The van der Waals surface area contributed by atoms with Gasteiger partial charge in [0.1, 0.15) is 4.90 Å². The van der Waals surface area contributed by atoms with Crippen LogP contribution in [0.1, 0.15) is 32.8 Å².